The first kappa shape index (κ1) is 25.6. The van der Waals surface area contributed by atoms with Crippen LogP contribution in [0.5, 0.6) is 0 Å². The zero-order valence-corrected chi connectivity index (χ0v) is 19.5. The van der Waals surface area contributed by atoms with Gasteiger partial charge in [0.2, 0.25) is 0 Å². The van der Waals surface area contributed by atoms with Crippen LogP contribution in [0.4, 0.5) is 0 Å². The number of esters is 1. The Kier molecular flexibility index (Phi) is 9.46. The quantitative estimate of drug-likeness (QED) is 0.442. The first-order chi connectivity index (χ1) is 14.8. The molecule has 3 aromatic rings. The minimum Gasteiger partial charge on any atom is -0.446 e. The molecule has 1 heterocycles. The molecule has 1 aliphatic rings. The minimum atomic E-state index is -4.02. The molecule has 1 atom stereocenters. The molecule has 0 bridgehead atoms. The highest BCUT2D eigenvalue weighted by Gasteiger charge is 2.20. The van der Waals surface area contributed by atoms with Gasteiger partial charge in [-0.1, -0.05) is 72.3 Å². The number of hydrogen-bond acceptors (Lipinski definition) is 5. The smallest absolute Gasteiger partial charge is 0.311 e. The largest absolute Gasteiger partial charge is 0.446 e. The number of nitrogens with one attached hydrogen (secondary N) is 1. The summed E-state index contributed by atoms with van der Waals surface area (Å²) in [5.74, 6) is -0.187. The fourth-order valence-electron chi connectivity index (χ4n) is 3.18. The van der Waals surface area contributed by atoms with Crippen molar-refractivity contribution < 1.29 is 22.5 Å². The number of aryl methyl sites for hydroxylation is 1. The van der Waals surface area contributed by atoms with Crippen LogP contribution in [0.15, 0.2) is 83.8 Å². The molecule has 4 rings (SSSR count). The van der Waals surface area contributed by atoms with E-state index in [0.29, 0.717) is 6.42 Å². The standard InChI is InChI=1S/C17H17NO2.C7H8O3S.H2S/c19-17(10-13-6-2-1-3-7-13)20-16-11-14-8-4-5-9-15(14)12-18-16;1-6-2-4-7(5-3-6)11(8,9)10;/h1-9,16,18H,10-12H2;2-5H,1H3,(H,8,9,10);1H2/t16-;;/m1../s1. The third kappa shape index (κ3) is 7.80. The van der Waals surface area contributed by atoms with Crippen LogP contribution >= 0.6 is 13.5 Å². The molecule has 0 fully saturated rings. The summed E-state index contributed by atoms with van der Waals surface area (Å²) in [5.41, 5.74) is 4.47. The molecule has 3 aromatic carbocycles. The highest BCUT2D eigenvalue weighted by molar-refractivity contribution is 7.85. The summed E-state index contributed by atoms with van der Waals surface area (Å²) in [7, 11) is -4.02. The second-order valence-electron chi connectivity index (χ2n) is 7.28. The molecule has 8 heteroatoms. The van der Waals surface area contributed by atoms with Crippen molar-refractivity contribution in [3.8, 4) is 0 Å². The van der Waals surface area contributed by atoms with E-state index >= 15 is 0 Å². The number of hydrogen-bond donors (Lipinski definition) is 2. The van der Waals surface area contributed by atoms with E-state index in [1.807, 2.05) is 49.4 Å². The van der Waals surface area contributed by atoms with E-state index in [9.17, 15) is 13.2 Å². The summed E-state index contributed by atoms with van der Waals surface area (Å²) in [5, 5.41) is 3.25. The third-order valence-corrected chi connectivity index (χ3v) is 5.70. The summed E-state index contributed by atoms with van der Waals surface area (Å²) in [6.45, 7) is 2.59. The van der Waals surface area contributed by atoms with Crippen LogP contribution in [0.1, 0.15) is 22.3 Å². The highest BCUT2D eigenvalue weighted by atomic mass is 32.2. The van der Waals surface area contributed by atoms with Crippen LogP contribution in [0.2, 0.25) is 0 Å². The molecule has 0 unspecified atom stereocenters. The van der Waals surface area contributed by atoms with Crippen molar-refractivity contribution in [2.75, 3.05) is 0 Å². The topological polar surface area (TPSA) is 92.7 Å². The molecule has 32 heavy (non-hydrogen) atoms. The second kappa shape index (κ2) is 11.8. The zero-order valence-electron chi connectivity index (χ0n) is 17.7. The molecule has 6 nitrogen and oxygen atoms in total. The number of rotatable bonds is 4. The lowest BCUT2D eigenvalue weighted by Crippen LogP contribution is -2.39. The van der Waals surface area contributed by atoms with Gasteiger partial charge in [0.25, 0.3) is 10.1 Å². The van der Waals surface area contributed by atoms with Gasteiger partial charge in [0.15, 0.2) is 6.23 Å². The number of benzene rings is 3. The van der Waals surface area contributed by atoms with Gasteiger partial charge in [0.05, 0.1) is 11.3 Å². The van der Waals surface area contributed by atoms with Crippen LogP contribution in [0.3, 0.4) is 0 Å². The SMILES string of the molecule is Cc1ccc(S(=O)(=O)O)cc1.O=C(Cc1ccccc1)O[C@@H]1Cc2ccccc2CN1.S. The van der Waals surface area contributed by atoms with Gasteiger partial charge in [-0.15, -0.1) is 0 Å². The van der Waals surface area contributed by atoms with Crippen LogP contribution in [-0.4, -0.2) is 25.2 Å². The Balaban J connectivity index is 0.000000259. The van der Waals surface area contributed by atoms with Crippen LogP contribution in [0.25, 0.3) is 0 Å². The lowest BCUT2D eigenvalue weighted by Gasteiger charge is -2.25. The molecule has 0 radical (unpaired) electrons. The van der Waals surface area contributed by atoms with Gasteiger partial charge in [-0.25, -0.2) is 0 Å². The molecule has 0 aliphatic carbocycles. The molecule has 0 saturated heterocycles. The highest BCUT2D eigenvalue weighted by Crippen LogP contribution is 2.17. The summed E-state index contributed by atoms with van der Waals surface area (Å²) in [4.78, 5) is 11.9. The fourth-order valence-corrected chi connectivity index (χ4v) is 3.66. The molecule has 170 valence electrons. The predicted octanol–water partition coefficient (Wildman–Crippen LogP) is 3.80. The van der Waals surface area contributed by atoms with Crippen molar-refractivity contribution in [1.29, 1.82) is 0 Å². The summed E-state index contributed by atoms with van der Waals surface area (Å²) >= 11 is 0. The Morgan fingerprint density at radius 2 is 1.56 bits per heavy atom. The van der Waals surface area contributed by atoms with Gasteiger partial charge in [-0.3, -0.25) is 14.7 Å². The van der Waals surface area contributed by atoms with Gasteiger partial charge in [0, 0.05) is 13.0 Å². The van der Waals surface area contributed by atoms with E-state index in [1.54, 1.807) is 12.1 Å². The minimum absolute atomic E-state index is 0. The molecule has 0 saturated carbocycles. The summed E-state index contributed by atoms with van der Waals surface area (Å²) < 4.78 is 35.1. The molecule has 2 N–H and O–H groups in total. The van der Waals surface area contributed by atoms with Crippen LogP contribution < -0.4 is 5.32 Å². The Labute approximate surface area is 195 Å². The molecular formula is C24H27NO5S2. The van der Waals surface area contributed by atoms with Gasteiger partial charge in [-0.2, -0.15) is 21.9 Å². The average molecular weight is 474 g/mol. The third-order valence-electron chi connectivity index (χ3n) is 4.83. The Morgan fingerprint density at radius 1 is 0.969 bits per heavy atom. The summed E-state index contributed by atoms with van der Waals surface area (Å²) in [6, 6.07) is 23.9. The number of ether oxygens (including phenoxy) is 1. The van der Waals surface area contributed by atoms with Crippen molar-refractivity contribution in [2.24, 2.45) is 0 Å². The monoisotopic (exact) mass is 473 g/mol. The number of fused-ring (bicyclic) bond motifs is 1. The average Bonchev–Trinajstić information content (AvgIpc) is 2.74. The first-order valence-corrected chi connectivity index (χ1v) is 11.3. The van der Waals surface area contributed by atoms with Crippen molar-refractivity contribution in [3.63, 3.8) is 0 Å². The van der Waals surface area contributed by atoms with Crippen LogP contribution in [-0.2, 0) is 39.0 Å². The normalized spacial score (nSPS) is 14.8. The second-order valence-corrected chi connectivity index (χ2v) is 8.70. The van der Waals surface area contributed by atoms with Gasteiger partial charge >= 0.3 is 5.97 Å². The van der Waals surface area contributed by atoms with Crippen LogP contribution in [0, 0.1) is 6.92 Å². The maximum Gasteiger partial charge on any atom is 0.311 e. The van der Waals surface area contributed by atoms with Crippen molar-refractivity contribution in [3.05, 3.63) is 101 Å². The predicted molar refractivity (Wildman–Crippen MR) is 128 cm³/mol. The van der Waals surface area contributed by atoms with Gasteiger partial charge < -0.3 is 4.74 Å². The molecule has 0 aromatic heterocycles. The van der Waals surface area contributed by atoms with E-state index in [2.05, 4.69) is 17.4 Å². The number of carbonyl (C=O) groups is 1. The van der Waals surface area contributed by atoms with Gasteiger partial charge in [-0.05, 0) is 35.7 Å². The first-order valence-electron chi connectivity index (χ1n) is 9.89. The van der Waals surface area contributed by atoms with Crippen molar-refractivity contribution in [1.82, 2.24) is 5.32 Å². The Morgan fingerprint density at radius 3 is 2.19 bits per heavy atom. The Hall–Kier alpha value is -2.65. The molecule has 1 aliphatic heterocycles. The maximum absolute atomic E-state index is 11.9. The fraction of sp³-hybridized carbons (Fsp3) is 0.208. The molecule has 0 spiro atoms. The maximum atomic E-state index is 11.9. The van der Waals surface area contributed by atoms with E-state index in [4.69, 9.17) is 9.29 Å². The Bertz CT molecular complexity index is 1120. The molecular weight excluding hydrogens is 446 g/mol. The lowest BCUT2D eigenvalue weighted by atomic mass is 10.0. The van der Waals surface area contributed by atoms with E-state index < -0.39 is 10.1 Å². The molecule has 0 amide bonds. The van der Waals surface area contributed by atoms with E-state index in [-0.39, 0.29) is 30.6 Å². The van der Waals surface area contributed by atoms with Gasteiger partial charge in [0.1, 0.15) is 0 Å². The zero-order chi connectivity index (χ0) is 22.3. The van der Waals surface area contributed by atoms with Crippen molar-refractivity contribution in [2.45, 2.75) is 37.4 Å². The summed E-state index contributed by atoms with van der Waals surface area (Å²) in [6.07, 6.45) is 0.832. The van der Waals surface area contributed by atoms with Crippen molar-refractivity contribution >= 4 is 29.6 Å². The lowest BCUT2D eigenvalue weighted by molar-refractivity contribution is -0.150. The van der Waals surface area contributed by atoms with E-state index in [0.717, 1.165) is 24.1 Å². The van der Waals surface area contributed by atoms with E-state index in [1.165, 1.54) is 23.3 Å². The number of carbonyl (C=O) groups excluding carboxylic acids is 1.